The summed E-state index contributed by atoms with van der Waals surface area (Å²) in [5, 5.41) is 6.87. The van der Waals surface area contributed by atoms with Crippen molar-refractivity contribution in [1.82, 2.24) is 5.32 Å². The maximum Gasteiger partial charge on any atom is 0.238 e. The van der Waals surface area contributed by atoms with Crippen LogP contribution in [0.15, 0.2) is 42.5 Å². The second-order valence-electron chi connectivity index (χ2n) is 5.44. The zero-order valence-corrected chi connectivity index (χ0v) is 13.9. The van der Waals surface area contributed by atoms with Crippen LogP contribution in [0.2, 0.25) is 5.02 Å². The number of amides is 1. The predicted octanol–water partition coefficient (Wildman–Crippen LogP) is 4.25. The number of halogens is 1. The first-order chi connectivity index (χ1) is 10.5. The van der Waals surface area contributed by atoms with E-state index in [0.29, 0.717) is 5.02 Å². The highest BCUT2D eigenvalue weighted by Crippen LogP contribution is 2.22. The molecule has 0 aliphatic carbocycles. The van der Waals surface area contributed by atoms with Crippen molar-refractivity contribution < 1.29 is 4.79 Å². The number of hydrogen-bond donors (Lipinski definition) is 2. The van der Waals surface area contributed by atoms with E-state index < -0.39 is 0 Å². The number of nitrogens with one attached hydrogen (secondary N) is 2. The molecule has 0 unspecified atom stereocenters. The van der Waals surface area contributed by atoms with Crippen LogP contribution in [0.3, 0.4) is 0 Å². The van der Waals surface area contributed by atoms with Crippen molar-refractivity contribution in [3.05, 3.63) is 64.2 Å². The fourth-order valence-electron chi connectivity index (χ4n) is 2.38. The summed E-state index contributed by atoms with van der Waals surface area (Å²) in [7, 11) is 0. The second kappa shape index (κ2) is 7.43. The number of para-hydroxylation sites is 1. The molecular weight excluding hydrogens is 296 g/mol. The normalized spacial score (nSPS) is 12.0. The zero-order valence-electron chi connectivity index (χ0n) is 13.1. The lowest BCUT2D eigenvalue weighted by molar-refractivity contribution is -0.115. The van der Waals surface area contributed by atoms with Crippen LogP contribution in [-0.2, 0) is 4.79 Å². The molecule has 0 aromatic heterocycles. The molecule has 0 saturated carbocycles. The van der Waals surface area contributed by atoms with Gasteiger partial charge in [-0.3, -0.25) is 4.79 Å². The Labute approximate surface area is 136 Å². The van der Waals surface area contributed by atoms with Gasteiger partial charge in [-0.1, -0.05) is 48.0 Å². The molecule has 2 aromatic rings. The number of carbonyl (C=O) groups excluding carboxylic acids is 1. The van der Waals surface area contributed by atoms with Crippen molar-refractivity contribution in [2.24, 2.45) is 0 Å². The number of aryl methyl sites for hydroxylation is 2. The maximum atomic E-state index is 12.1. The summed E-state index contributed by atoms with van der Waals surface area (Å²) < 4.78 is 0. The third kappa shape index (κ3) is 4.09. The summed E-state index contributed by atoms with van der Waals surface area (Å²) in [6.45, 7) is 6.21. The second-order valence-corrected chi connectivity index (χ2v) is 5.85. The van der Waals surface area contributed by atoms with Gasteiger partial charge < -0.3 is 10.6 Å². The maximum absolute atomic E-state index is 12.1. The summed E-state index contributed by atoms with van der Waals surface area (Å²) in [5.41, 5.74) is 4.00. The standard InChI is InChI=1S/C18H21ClN2O/c1-12-7-6-8-13(2)18(12)21-17(22)11-20-14(3)15-9-4-5-10-16(15)19/h4-10,14,20H,11H2,1-3H3,(H,21,22)/t14-/m0/s1. The Hall–Kier alpha value is -1.84. The first-order valence-corrected chi connectivity index (χ1v) is 7.70. The van der Waals surface area contributed by atoms with E-state index in [1.807, 2.05) is 63.2 Å². The molecule has 22 heavy (non-hydrogen) atoms. The zero-order chi connectivity index (χ0) is 16.1. The van der Waals surface area contributed by atoms with E-state index in [1.54, 1.807) is 0 Å². The van der Waals surface area contributed by atoms with Crippen molar-refractivity contribution in [2.45, 2.75) is 26.8 Å². The Morgan fingerprint density at radius 1 is 1.09 bits per heavy atom. The Balaban J connectivity index is 1.95. The van der Waals surface area contributed by atoms with Crippen LogP contribution in [0.25, 0.3) is 0 Å². The fraction of sp³-hybridized carbons (Fsp3) is 0.278. The van der Waals surface area contributed by atoms with Crippen molar-refractivity contribution in [2.75, 3.05) is 11.9 Å². The van der Waals surface area contributed by atoms with Gasteiger partial charge in [0.25, 0.3) is 0 Å². The van der Waals surface area contributed by atoms with Gasteiger partial charge in [-0.25, -0.2) is 0 Å². The minimum Gasteiger partial charge on any atom is -0.324 e. The lowest BCUT2D eigenvalue weighted by Gasteiger charge is -2.16. The molecule has 1 atom stereocenters. The summed E-state index contributed by atoms with van der Waals surface area (Å²) in [6, 6.07) is 13.6. The van der Waals surface area contributed by atoms with Crippen LogP contribution < -0.4 is 10.6 Å². The van der Waals surface area contributed by atoms with Crippen molar-refractivity contribution >= 4 is 23.2 Å². The smallest absolute Gasteiger partial charge is 0.238 e. The van der Waals surface area contributed by atoms with Gasteiger partial charge in [-0.2, -0.15) is 0 Å². The molecule has 116 valence electrons. The molecule has 3 nitrogen and oxygen atoms in total. The molecule has 0 bridgehead atoms. The highest BCUT2D eigenvalue weighted by atomic mass is 35.5. The van der Waals surface area contributed by atoms with Crippen LogP contribution >= 0.6 is 11.6 Å². The Bertz CT molecular complexity index is 650. The third-order valence-corrected chi connectivity index (χ3v) is 4.03. The van der Waals surface area contributed by atoms with Gasteiger partial charge in [0, 0.05) is 16.8 Å². The third-order valence-electron chi connectivity index (χ3n) is 3.69. The van der Waals surface area contributed by atoms with E-state index in [4.69, 9.17) is 11.6 Å². The monoisotopic (exact) mass is 316 g/mol. The van der Waals surface area contributed by atoms with Crippen LogP contribution in [-0.4, -0.2) is 12.5 Å². The Morgan fingerprint density at radius 3 is 2.36 bits per heavy atom. The topological polar surface area (TPSA) is 41.1 Å². The molecule has 0 aliphatic heterocycles. The molecule has 2 aromatic carbocycles. The van der Waals surface area contributed by atoms with Crippen LogP contribution in [0, 0.1) is 13.8 Å². The Morgan fingerprint density at radius 2 is 1.73 bits per heavy atom. The highest BCUT2D eigenvalue weighted by molar-refractivity contribution is 6.31. The van der Waals surface area contributed by atoms with E-state index in [9.17, 15) is 4.79 Å². The lowest BCUT2D eigenvalue weighted by atomic mass is 10.1. The molecule has 0 aliphatic rings. The Kier molecular flexibility index (Phi) is 5.58. The first-order valence-electron chi connectivity index (χ1n) is 7.33. The molecule has 2 rings (SSSR count). The van der Waals surface area contributed by atoms with Gasteiger partial charge in [0.05, 0.1) is 6.54 Å². The van der Waals surface area contributed by atoms with Gasteiger partial charge in [0.15, 0.2) is 0 Å². The van der Waals surface area contributed by atoms with Crippen molar-refractivity contribution in [1.29, 1.82) is 0 Å². The summed E-state index contributed by atoms with van der Waals surface area (Å²) in [4.78, 5) is 12.1. The largest absolute Gasteiger partial charge is 0.324 e. The average Bonchev–Trinajstić information content (AvgIpc) is 2.49. The molecule has 2 N–H and O–H groups in total. The summed E-state index contributed by atoms with van der Waals surface area (Å²) in [5.74, 6) is -0.0590. The summed E-state index contributed by atoms with van der Waals surface area (Å²) in [6.07, 6.45) is 0. The minimum absolute atomic E-state index is 0.0115. The number of rotatable bonds is 5. The molecule has 0 spiro atoms. The van der Waals surface area contributed by atoms with E-state index in [2.05, 4.69) is 10.6 Å². The van der Waals surface area contributed by atoms with Gasteiger partial charge >= 0.3 is 0 Å². The number of anilines is 1. The van der Waals surface area contributed by atoms with Crippen LogP contribution in [0.4, 0.5) is 5.69 Å². The quantitative estimate of drug-likeness (QED) is 0.866. The lowest BCUT2D eigenvalue weighted by Crippen LogP contribution is -2.30. The average molecular weight is 317 g/mol. The van der Waals surface area contributed by atoms with Gasteiger partial charge in [0.2, 0.25) is 5.91 Å². The number of carbonyl (C=O) groups is 1. The molecular formula is C18H21ClN2O. The summed E-state index contributed by atoms with van der Waals surface area (Å²) >= 11 is 6.17. The SMILES string of the molecule is Cc1cccc(C)c1NC(=O)CN[C@@H](C)c1ccccc1Cl. The van der Waals surface area contributed by atoms with E-state index in [1.165, 1.54) is 0 Å². The molecule has 0 saturated heterocycles. The van der Waals surface area contributed by atoms with Gasteiger partial charge in [-0.15, -0.1) is 0 Å². The van der Waals surface area contributed by atoms with Gasteiger partial charge in [-0.05, 0) is 43.5 Å². The molecule has 0 heterocycles. The van der Waals surface area contributed by atoms with Crippen molar-refractivity contribution in [3.63, 3.8) is 0 Å². The molecule has 0 radical (unpaired) electrons. The van der Waals surface area contributed by atoms with E-state index in [-0.39, 0.29) is 18.5 Å². The molecule has 1 amide bonds. The van der Waals surface area contributed by atoms with E-state index in [0.717, 1.165) is 22.4 Å². The number of benzene rings is 2. The number of hydrogen-bond acceptors (Lipinski definition) is 2. The highest BCUT2D eigenvalue weighted by Gasteiger charge is 2.11. The molecule has 0 fully saturated rings. The first kappa shape index (κ1) is 16.5. The molecule has 4 heteroatoms. The minimum atomic E-state index is -0.0590. The van der Waals surface area contributed by atoms with Crippen LogP contribution in [0.5, 0.6) is 0 Å². The van der Waals surface area contributed by atoms with Crippen molar-refractivity contribution in [3.8, 4) is 0 Å². The van der Waals surface area contributed by atoms with E-state index >= 15 is 0 Å². The van der Waals surface area contributed by atoms with Crippen LogP contribution in [0.1, 0.15) is 29.7 Å². The predicted molar refractivity (Wildman–Crippen MR) is 92.4 cm³/mol. The fourth-order valence-corrected chi connectivity index (χ4v) is 2.68. The van der Waals surface area contributed by atoms with Gasteiger partial charge in [0.1, 0.15) is 0 Å².